The largest absolute Gasteiger partial charge is 0.465 e. The monoisotopic (exact) mass is 484 g/mol. The fourth-order valence-electron chi connectivity index (χ4n) is 5.38. The van der Waals surface area contributed by atoms with Gasteiger partial charge in [-0.1, -0.05) is 60.9 Å². The SMILES string of the molecule is CCOC(=O)C1c2ccccc2C(=O)N(C2CCCCC2NS(C)(=O)=O)C1c1ccc(C)cc1. The van der Waals surface area contributed by atoms with Crippen molar-refractivity contribution in [3.05, 3.63) is 70.8 Å². The number of hydrogen-bond donors (Lipinski definition) is 1. The lowest BCUT2D eigenvalue weighted by atomic mass is 9.77. The lowest BCUT2D eigenvalue weighted by Gasteiger charge is -2.48. The molecular weight excluding hydrogens is 452 g/mol. The van der Waals surface area contributed by atoms with Gasteiger partial charge in [0.25, 0.3) is 5.91 Å². The van der Waals surface area contributed by atoms with Crippen molar-refractivity contribution in [2.75, 3.05) is 12.9 Å². The van der Waals surface area contributed by atoms with Gasteiger partial charge in [-0.05, 0) is 43.9 Å². The Balaban J connectivity index is 1.90. The molecule has 2 aliphatic rings. The maximum absolute atomic E-state index is 14.0. The predicted octanol–water partition coefficient (Wildman–Crippen LogP) is 3.70. The molecule has 0 bridgehead atoms. The van der Waals surface area contributed by atoms with Crippen LogP contribution in [-0.4, -0.2) is 50.1 Å². The lowest BCUT2D eigenvalue weighted by molar-refractivity contribution is -0.147. The van der Waals surface area contributed by atoms with Crippen LogP contribution >= 0.6 is 0 Å². The molecule has 1 N–H and O–H groups in total. The Morgan fingerprint density at radius 3 is 2.44 bits per heavy atom. The van der Waals surface area contributed by atoms with Gasteiger partial charge in [0.1, 0.15) is 5.92 Å². The number of benzene rings is 2. The van der Waals surface area contributed by atoms with Crippen LogP contribution in [0.4, 0.5) is 0 Å². The summed E-state index contributed by atoms with van der Waals surface area (Å²) in [6.07, 6.45) is 4.18. The number of nitrogens with zero attached hydrogens (tertiary/aromatic N) is 1. The molecule has 2 aromatic rings. The highest BCUT2D eigenvalue weighted by Crippen LogP contribution is 2.46. The maximum atomic E-state index is 14.0. The topological polar surface area (TPSA) is 92.8 Å². The molecule has 1 fully saturated rings. The van der Waals surface area contributed by atoms with Gasteiger partial charge in [0.2, 0.25) is 10.0 Å². The van der Waals surface area contributed by atoms with Crippen molar-refractivity contribution in [1.82, 2.24) is 9.62 Å². The van der Waals surface area contributed by atoms with Gasteiger partial charge in [0.15, 0.2) is 0 Å². The second-order valence-electron chi connectivity index (χ2n) is 9.23. The summed E-state index contributed by atoms with van der Waals surface area (Å²) in [4.78, 5) is 29.1. The summed E-state index contributed by atoms with van der Waals surface area (Å²) in [5.74, 6) is -1.28. The van der Waals surface area contributed by atoms with E-state index in [4.69, 9.17) is 4.74 Å². The summed E-state index contributed by atoms with van der Waals surface area (Å²) in [6.45, 7) is 3.98. The van der Waals surface area contributed by atoms with Crippen LogP contribution in [-0.2, 0) is 19.6 Å². The fourth-order valence-corrected chi connectivity index (χ4v) is 6.20. The Bertz CT molecular complexity index is 1160. The number of amides is 1. The van der Waals surface area contributed by atoms with Gasteiger partial charge in [-0.15, -0.1) is 0 Å². The van der Waals surface area contributed by atoms with E-state index >= 15 is 0 Å². The Labute approximate surface area is 201 Å². The highest BCUT2D eigenvalue weighted by Gasteiger charge is 2.49. The first-order valence-electron chi connectivity index (χ1n) is 11.8. The van der Waals surface area contributed by atoms with Gasteiger partial charge in [-0.2, -0.15) is 0 Å². The molecule has 4 atom stereocenters. The van der Waals surface area contributed by atoms with Crippen LogP contribution in [0.5, 0.6) is 0 Å². The molecule has 1 aliphatic carbocycles. The van der Waals surface area contributed by atoms with Crippen LogP contribution in [0.1, 0.15) is 71.6 Å². The lowest BCUT2D eigenvalue weighted by Crippen LogP contribution is -2.58. The summed E-state index contributed by atoms with van der Waals surface area (Å²) in [5, 5.41) is 0. The summed E-state index contributed by atoms with van der Waals surface area (Å²) >= 11 is 0. The number of carbonyl (C=O) groups is 2. The van der Waals surface area contributed by atoms with Crippen molar-refractivity contribution >= 4 is 21.9 Å². The van der Waals surface area contributed by atoms with Crippen molar-refractivity contribution in [1.29, 1.82) is 0 Å². The number of ether oxygens (including phenoxy) is 1. The van der Waals surface area contributed by atoms with Crippen molar-refractivity contribution in [2.24, 2.45) is 0 Å². The summed E-state index contributed by atoms with van der Waals surface area (Å²) in [7, 11) is -3.48. The zero-order valence-electron chi connectivity index (χ0n) is 19.9. The maximum Gasteiger partial charge on any atom is 0.315 e. The second kappa shape index (κ2) is 9.88. The van der Waals surface area contributed by atoms with Crippen molar-refractivity contribution in [3.63, 3.8) is 0 Å². The second-order valence-corrected chi connectivity index (χ2v) is 11.0. The molecule has 1 saturated carbocycles. The van der Waals surface area contributed by atoms with E-state index in [0.29, 0.717) is 24.0 Å². The first-order chi connectivity index (χ1) is 16.2. The number of fused-ring (bicyclic) bond motifs is 1. The van der Waals surface area contributed by atoms with E-state index < -0.39 is 28.0 Å². The van der Waals surface area contributed by atoms with Gasteiger partial charge >= 0.3 is 5.97 Å². The average molecular weight is 485 g/mol. The van der Waals surface area contributed by atoms with Crippen molar-refractivity contribution < 1.29 is 22.7 Å². The Morgan fingerprint density at radius 1 is 1.09 bits per heavy atom. The molecule has 4 rings (SSSR count). The number of rotatable bonds is 6. The van der Waals surface area contributed by atoms with Gasteiger partial charge in [-0.25, -0.2) is 13.1 Å². The average Bonchev–Trinajstić information content (AvgIpc) is 2.79. The van der Waals surface area contributed by atoms with Gasteiger partial charge < -0.3 is 9.64 Å². The molecule has 4 unspecified atom stereocenters. The van der Waals surface area contributed by atoms with E-state index in [0.717, 1.165) is 30.2 Å². The number of hydrogen-bond acceptors (Lipinski definition) is 5. The van der Waals surface area contributed by atoms with Crippen molar-refractivity contribution in [2.45, 2.75) is 63.6 Å². The molecule has 182 valence electrons. The van der Waals surface area contributed by atoms with E-state index in [1.54, 1.807) is 24.0 Å². The number of sulfonamides is 1. The molecule has 0 spiro atoms. The molecule has 1 aliphatic heterocycles. The summed E-state index contributed by atoms with van der Waals surface area (Å²) in [5.41, 5.74) is 3.01. The zero-order valence-corrected chi connectivity index (χ0v) is 20.7. The Kier molecular flexibility index (Phi) is 7.09. The van der Waals surface area contributed by atoms with Gasteiger partial charge in [0, 0.05) is 17.6 Å². The predicted molar refractivity (Wildman–Crippen MR) is 130 cm³/mol. The number of aryl methyl sites for hydroxylation is 1. The number of nitrogens with one attached hydrogen (secondary N) is 1. The first-order valence-corrected chi connectivity index (χ1v) is 13.7. The Hall–Kier alpha value is -2.71. The summed E-state index contributed by atoms with van der Waals surface area (Å²) < 4.78 is 32.6. The van der Waals surface area contributed by atoms with Crippen LogP contribution in [0.2, 0.25) is 0 Å². The van der Waals surface area contributed by atoms with Crippen LogP contribution in [0.3, 0.4) is 0 Å². The highest BCUT2D eigenvalue weighted by molar-refractivity contribution is 7.88. The number of esters is 1. The minimum Gasteiger partial charge on any atom is -0.465 e. The summed E-state index contributed by atoms with van der Waals surface area (Å²) in [6, 6.07) is 13.6. The Morgan fingerprint density at radius 2 is 1.76 bits per heavy atom. The molecule has 8 heteroatoms. The molecule has 0 aromatic heterocycles. The fraction of sp³-hybridized carbons (Fsp3) is 0.462. The van der Waals surface area contributed by atoms with Crippen LogP contribution < -0.4 is 4.72 Å². The van der Waals surface area contributed by atoms with Gasteiger partial charge in [-0.3, -0.25) is 9.59 Å². The van der Waals surface area contributed by atoms with E-state index in [2.05, 4.69) is 4.72 Å². The normalized spacial score (nSPS) is 25.0. The van der Waals surface area contributed by atoms with Crippen LogP contribution in [0, 0.1) is 6.92 Å². The van der Waals surface area contributed by atoms with E-state index in [-0.39, 0.29) is 24.5 Å². The molecule has 1 heterocycles. The molecule has 7 nitrogen and oxygen atoms in total. The van der Waals surface area contributed by atoms with Crippen LogP contribution in [0.25, 0.3) is 0 Å². The smallest absolute Gasteiger partial charge is 0.315 e. The molecule has 0 radical (unpaired) electrons. The minimum atomic E-state index is -3.48. The molecule has 1 amide bonds. The highest BCUT2D eigenvalue weighted by atomic mass is 32.2. The van der Waals surface area contributed by atoms with Gasteiger partial charge in [0.05, 0.1) is 18.9 Å². The van der Waals surface area contributed by atoms with Crippen LogP contribution in [0.15, 0.2) is 48.5 Å². The minimum absolute atomic E-state index is 0.186. The molecule has 34 heavy (non-hydrogen) atoms. The van der Waals surface area contributed by atoms with E-state index in [1.807, 2.05) is 43.3 Å². The third-order valence-corrected chi connectivity index (χ3v) is 7.52. The first kappa shape index (κ1) is 24.4. The number of carbonyl (C=O) groups excluding carboxylic acids is 2. The molecule has 2 aromatic carbocycles. The quantitative estimate of drug-likeness (QED) is 0.631. The third kappa shape index (κ3) is 4.88. The van der Waals surface area contributed by atoms with E-state index in [1.165, 1.54) is 0 Å². The zero-order chi connectivity index (χ0) is 24.5. The molecule has 0 saturated heterocycles. The third-order valence-electron chi connectivity index (χ3n) is 6.79. The van der Waals surface area contributed by atoms with Crippen molar-refractivity contribution in [3.8, 4) is 0 Å². The standard InChI is InChI=1S/C26H32N2O5S/c1-4-33-26(30)23-19-9-5-6-10-20(19)25(29)28(24(23)18-15-13-17(2)14-16-18)22-12-8-7-11-21(22)27-34(3,31)32/h5-6,9-10,13-16,21-24,27H,4,7-8,11-12H2,1-3H3. The molecular formula is C26H32N2O5S. The van der Waals surface area contributed by atoms with E-state index in [9.17, 15) is 18.0 Å².